The number of likely N-dealkylation sites (tertiary alicyclic amines) is 1. The lowest BCUT2D eigenvalue weighted by Crippen LogP contribution is -2.43. The highest BCUT2D eigenvalue weighted by Gasteiger charge is 2.34. The van der Waals surface area contributed by atoms with Gasteiger partial charge in [0.15, 0.2) is 5.13 Å². The maximum absolute atomic E-state index is 12.6. The number of rotatable bonds is 5. The number of anilines is 1. The van der Waals surface area contributed by atoms with Gasteiger partial charge in [-0.15, -0.1) is 22.7 Å². The molecular weight excluding hydrogens is 342 g/mol. The summed E-state index contributed by atoms with van der Waals surface area (Å²) in [6.07, 6.45) is 2.81. The van der Waals surface area contributed by atoms with Crippen LogP contribution in [0.1, 0.15) is 35.2 Å². The molecule has 0 aliphatic carbocycles. The predicted molar refractivity (Wildman–Crippen MR) is 97.6 cm³/mol. The maximum atomic E-state index is 12.6. The molecule has 1 fully saturated rings. The fraction of sp³-hybridized carbons (Fsp3) is 0.471. The Bertz CT molecular complexity index is 724. The number of aromatic nitrogens is 1. The predicted octanol–water partition coefficient (Wildman–Crippen LogP) is 3.25. The second kappa shape index (κ2) is 7.44. The van der Waals surface area contributed by atoms with E-state index >= 15 is 0 Å². The summed E-state index contributed by atoms with van der Waals surface area (Å²) >= 11 is 3.07. The van der Waals surface area contributed by atoms with Crippen LogP contribution in [-0.2, 0) is 22.4 Å². The number of nitrogens with zero attached hydrogens (tertiary/aromatic N) is 2. The van der Waals surface area contributed by atoms with E-state index in [4.69, 9.17) is 0 Å². The molecule has 7 heteroatoms. The molecule has 0 spiro atoms. The first-order chi connectivity index (χ1) is 11.6. The second-order valence-electron chi connectivity index (χ2n) is 5.87. The number of amides is 2. The molecule has 3 heterocycles. The van der Waals surface area contributed by atoms with Gasteiger partial charge < -0.3 is 10.2 Å². The Hall–Kier alpha value is -1.73. The molecular formula is C17H21N3O2S2. The lowest BCUT2D eigenvalue weighted by Gasteiger charge is -2.23. The van der Waals surface area contributed by atoms with Gasteiger partial charge in [-0.2, -0.15) is 0 Å². The molecule has 3 rings (SSSR count). The quantitative estimate of drug-likeness (QED) is 0.887. The van der Waals surface area contributed by atoms with Crippen molar-refractivity contribution in [3.63, 3.8) is 0 Å². The molecule has 1 saturated heterocycles. The average Bonchev–Trinajstić information content (AvgIpc) is 3.27. The fourth-order valence-corrected chi connectivity index (χ4v) is 4.60. The van der Waals surface area contributed by atoms with Crippen molar-refractivity contribution < 1.29 is 9.59 Å². The molecule has 1 N–H and O–H groups in total. The Morgan fingerprint density at radius 3 is 2.96 bits per heavy atom. The van der Waals surface area contributed by atoms with Crippen LogP contribution in [0, 0.1) is 6.92 Å². The Balaban J connectivity index is 1.65. The zero-order valence-corrected chi connectivity index (χ0v) is 15.5. The molecule has 0 bridgehead atoms. The van der Waals surface area contributed by atoms with Crippen molar-refractivity contribution in [3.05, 3.63) is 33.0 Å². The van der Waals surface area contributed by atoms with Crippen LogP contribution in [0.3, 0.4) is 0 Å². The standard InChI is InChI=1S/C17H21N3O2S2/c1-3-13-11(2)24-17(18-13)19-16(22)14-7-4-8-20(14)15(21)10-12-6-5-9-23-12/h5-6,9,14H,3-4,7-8,10H2,1-2H3,(H,18,19,22). The minimum Gasteiger partial charge on any atom is -0.330 e. The number of thiazole rings is 1. The summed E-state index contributed by atoms with van der Waals surface area (Å²) in [4.78, 5) is 33.5. The summed E-state index contributed by atoms with van der Waals surface area (Å²) in [5.74, 6) is -0.0944. The van der Waals surface area contributed by atoms with E-state index in [9.17, 15) is 9.59 Å². The first-order valence-corrected chi connectivity index (χ1v) is 9.87. The van der Waals surface area contributed by atoms with Gasteiger partial charge in [-0.25, -0.2) is 4.98 Å². The van der Waals surface area contributed by atoms with Crippen molar-refractivity contribution in [1.82, 2.24) is 9.88 Å². The first kappa shape index (κ1) is 17.1. The Labute approximate surface area is 149 Å². The molecule has 2 aromatic heterocycles. The highest BCUT2D eigenvalue weighted by molar-refractivity contribution is 7.15. The topological polar surface area (TPSA) is 62.3 Å². The van der Waals surface area contributed by atoms with Crippen molar-refractivity contribution in [2.24, 2.45) is 0 Å². The van der Waals surface area contributed by atoms with E-state index in [0.29, 0.717) is 24.5 Å². The average molecular weight is 364 g/mol. The number of carbonyl (C=O) groups excluding carboxylic acids is 2. The summed E-state index contributed by atoms with van der Waals surface area (Å²) in [6.45, 7) is 4.72. The van der Waals surface area contributed by atoms with Crippen LogP contribution in [0.4, 0.5) is 5.13 Å². The van der Waals surface area contributed by atoms with Gasteiger partial charge in [0.2, 0.25) is 11.8 Å². The van der Waals surface area contributed by atoms with E-state index in [2.05, 4.69) is 17.2 Å². The lowest BCUT2D eigenvalue weighted by atomic mass is 10.2. The van der Waals surface area contributed by atoms with Crippen LogP contribution in [0.5, 0.6) is 0 Å². The van der Waals surface area contributed by atoms with Crippen LogP contribution in [-0.4, -0.2) is 34.3 Å². The van der Waals surface area contributed by atoms with E-state index in [1.54, 1.807) is 16.2 Å². The molecule has 5 nitrogen and oxygen atoms in total. The number of thiophene rings is 1. The van der Waals surface area contributed by atoms with E-state index in [-0.39, 0.29) is 17.9 Å². The molecule has 1 atom stereocenters. The fourth-order valence-electron chi connectivity index (χ4n) is 3.00. The SMILES string of the molecule is CCc1nc(NC(=O)C2CCCN2C(=O)Cc2cccs2)sc1C. The molecule has 24 heavy (non-hydrogen) atoms. The van der Waals surface area contributed by atoms with Gasteiger partial charge in [0.25, 0.3) is 0 Å². The number of carbonyl (C=O) groups is 2. The molecule has 128 valence electrons. The molecule has 1 aliphatic heterocycles. The van der Waals surface area contributed by atoms with Gasteiger partial charge in [-0.1, -0.05) is 13.0 Å². The first-order valence-electron chi connectivity index (χ1n) is 8.17. The molecule has 0 aromatic carbocycles. The molecule has 0 radical (unpaired) electrons. The summed E-state index contributed by atoms with van der Waals surface area (Å²) in [6, 6.07) is 3.52. The zero-order chi connectivity index (χ0) is 17.1. The van der Waals surface area contributed by atoms with Crippen LogP contribution >= 0.6 is 22.7 Å². The third kappa shape index (κ3) is 3.67. The van der Waals surface area contributed by atoms with E-state index < -0.39 is 0 Å². The summed E-state index contributed by atoms with van der Waals surface area (Å²) in [5, 5.41) is 5.50. The zero-order valence-electron chi connectivity index (χ0n) is 13.9. The van der Waals surface area contributed by atoms with Crippen LogP contribution in [0.2, 0.25) is 0 Å². The second-order valence-corrected chi connectivity index (χ2v) is 8.10. The molecule has 1 aliphatic rings. The smallest absolute Gasteiger partial charge is 0.248 e. The summed E-state index contributed by atoms with van der Waals surface area (Å²) in [7, 11) is 0. The van der Waals surface area contributed by atoms with Crippen molar-refractivity contribution in [1.29, 1.82) is 0 Å². The molecule has 2 amide bonds. The van der Waals surface area contributed by atoms with Gasteiger partial charge in [0.1, 0.15) is 6.04 Å². The van der Waals surface area contributed by atoms with Crippen molar-refractivity contribution in [2.75, 3.05) is 11.9 Å². The van der Waals surface area contributed by atoms with Crippen molar-refractivity contribution in [3.8, 4) is 0 Å². The number of hydrogen-bond donors (Lipinski definition) is 1. The summed E-state index contributed by atoms with van der Waals surface area (Å²) < 4.78 is 0. The Morgan fingerprint density at radius 1 is 1.46 bits per heavy atom. The Kier molecular flexibility index (Phi) is 5.30. The highest BCUT2D eigenvalue weighted by atomic mass is 32.1. The van der Waals surface area contributed by atoms with Crippen LogP contribution in [0.25, 0.3) is 0 Å². The van der Waals surface area contributed by atoms with E-state index in [0.717, 1.165) is 28.3 Å². The molecule has 2 aromatic rings. The summed E-state index contributed by atoms with van der Waals surface area (Å²) in [5.41, 5.74) is 1.02. The van der Waals surface area contributed by atoms with E-state index in [1.165, 1.54) is 11.3 Å². The van der Waals surface area contributed by atoms with Crippen LogP contribution in [0.15, 0.2) is 17.5 Å². The minimum atomic E-state index is -0.383. The van der Waals surface area contributed by atoms with Gasteiger partial charge in [-0.3, -0.25) is 9.59 Å². The van der Waals surface area contributed by atoms with Gasteiger partial charge in [0, 0.05) is 16.3 Å². The largest absolute Gasteiger partial charge is 0.330 e. The number of hydrogen-bond acceptors (Lipinski definition) is 5. The lowest BCUT2D eigenvalue weighted by molar-refractivity contribution is -0.136. The minimum absolute atomic E-state index is 0.0275. The van der Waals surface area contributed by atoms with Crippen molar-refractivity contribution in [2.45, 2.75) is 45.6 Å². The molecule has 0 saturated carbocycles. The third-order valence-electron chi connectivity index (χ3n) is 4.24. The van der Waals surface area contributed by atoms with Gasteiger partial charge in [0.05, 0.1) is 12.1 Å². The third-order valence-corrected chi connectivity index (χ3v) is 6.04. The monoisotopic (exact) mass is 363 g/mol. The maximum Gasteiger partial charge on any atom is 0.248 e. The Morgan fingerprint density at radius 2 is 2.29 bits per heavy atom. The van der Waals surface area contributed by atoms with Crippen molar-refractivity contribution >= 4 is 39.6 Å². The van der Waals surface area contributed by atoms with Gasteiger partial charge in [-0.05, 0) is 37.6 Å². The van der Waals surface area contributed by atoms with Crippen LogP contribution < -0.4 is 5.32 Å². The highest BCUT2D eigenvalue weighted by Crippen LogP contribution is 2.25. The molecule has 1 unspecified atom stereocenters. The number of nitrogens with one attached hydrogen (secondary N) is 1. The van der Waals surface area contributed by atoms with Gasteiger partial charge >= 0.3 is 0 Å². The van der Waals surface area contributed by atoms with E-state index in [1.807, 2.05) is 24.4 Å². The number of aryl methyl sites for hydroxylation is 2. The normalized spacial score (nSPS) is 17.2.